The lowest BCUT2D eigenvalue weighted by atomic mass is 10.0. The highest BCUT2D eigenvalue weighted by Gasteiger charge is 2.25. The van der Waals surface area contributed by atoms with Gasteiger partial charge in [0.1, 0.15) is 5.69 Å². The van der Waals surface area contributed by atoms with E-state index in [2.05, 4.69) is 24.1 Å². The van der Waals surface area contributed by atoms with Gasteiger partial charge in [-0.25, -0.2) is 0 Å². The van der Waals surface area contributed by atoms with Crippen LogP contribution in [0, 0.1) is 6.92 Å². The van der Waals surface area contributed by atoms with Crippen LogP contribution in [0.4, 0.5) is 0 Å². The van der Waals surface area contributed by atoms with Crippen LogP contribution in [0.15, 0.2) is 18.3 Å². The molecule has 1 amide bonds. The fraction of sp³-hybridized carbons (Fsp3) is 0.625. The molecule has 0 bridgehead atoms. The molecule has 0 saturated carbocycles. The fourth-order valence-electron chi connectivity index (χ4n) is 2.69. The quantitative estimate of drug-likeness (QED) is 0.917. The monoisotopic (exact) mass is 275 g/mol. The molecule has 1 aromatic heterocycles. The molecule has 1 N–H and O–H groups in total. The van der Waals surface area contributed by atoms with Gasteiger partial charge >= 0.3 is 0 Å². The van der Waals surface area contributed by atoms with Crippen LogP contribution in [-0.4, -0.2) is 41.0 Å². The molecule has 0 radical (unpaired) electrons. The Hall–Kier alpha value is -1.42. The second-order valence-corrected chi connectivity index (χ2v) is 5.87. The predicted molar refractivity (Wildman–Crippen MR) is 80.8 cm³/mol. The van der Waals surface area contributed by atoms with E-state index in [4.69, 9.17) is 0 Å². The molecule has 1 aliphatic rings. The van der Waals surface area contributed by atoms with Crippen molar-refractivity contribution in [1.82, 2.24) is 15.2 Å². The number of rotatable bonds is 4. The van der Waals surface area contributed by atoms with E-state index in [0.717, 1.165) is 25.1 Å². The number of nitrogens with one attached hydrogen (secondary N) is 1. The molecule has 4 nitrogen and oxygen atoms in total. The van der Waals surface area contributed by atoms with E-state index in [1.54, 1.807) is 6.20 Å². The first-order chi connectivity index (χ1) is 9.59. The van der Waals surface area contributed by atoms with E-state index in [1.165, 1.54) is 12.8 Å². The summed E-state index contributed by atoms with van der Waals surface area (Å²) < 4.78 is 0. The Kier molecular flexibility index (Phi) is 5.12. The number of hydrogen-bond acceptors (Lipinski definition) is 3. The molecular formula is C16H25N3O. The number of carbonyl (C=O) groups excluding carboxylic acids is 1. The highest BCUT2D eigenvalue weighted by molar-refractivity contribution is 5.93. The summed E-state index contributed by atoms with van der Waals surface area (Å²) in [5, 5.41) is 3.51. The maximum Gasteiger partial charge on any atom is 0.273 e. The van der Waals surface area contributed by atoms with Gasteiger partial charge in [0.15, 0.2) is 0 Å². The molecular weight excluding hydrogens is 250 g/mol. The molecule has 2 rings (SSSR count). The van der Waals surface area contributed by atoms with Gasteiger partial charge in [0.25, 0.3) is 5.91 Å². The molecule has 2 heterocycles. The Bertz CT molecular complexity index is 453. The van der Waals surface area contributed by atoms with Crippen molar-refractivity contribution in [3.05, 3.63) is 29.6 Å². The normalized spacial score (nSPS) is 19.1. The SMILES string of the molecule is Cc1cccnc1C(=O)N(CC1CCCCN1)C(C)C. The van der Waals surface area contributed by atoms with Crippen LogP contribution in [0.2, 0.25) is 0 Å². The molecule has 1 unspecified atom stereocenters. The second-order valence-electron chi connectivity index (χ2n) is 5.87. The Morgan fingerprint density at radius 1 is 1.50 bits per heavy atom. The molecule has 4 heteroatoms. The summed E-state index contributed by atoms with van der Waals surface area (Å²) >= 11 is 0. The number of piperidine rings is 1. The van der Waals surface area contributed by atoms with Crippen molar-refractivity contribution < 1.29 is 4.79 Å². The molecule has 0 aliphatic carbocycles. The Balaban J connectivity index is 2.11. The van der Waals surface area contributed by atoms with Crippen molar-refractivity contribution in [2.75, 3.05) is 13.1 Å². The smallest absolute Gasteiger partial charge is 0.273 e. The first-order valence-electron chi connectivity index (χ1n) is 7.55. The third kappa shape index (κ3) is 3.57. The Morgan fingerprint density at radius 3 is 2.90 bits per heavy atom. The minimum Gasteiger partial charge on any atom is -0.333 e. The number of nitrogens with zero attached hydrogens (tertiary/aromatic N) is 2. The van der Waals surface area contributed by atoms with Crippen LogP contribution in [0.1, 0.15) is 49.2 Å². The average molecular weight is 275 g/mol. The minimum atomic E-state index is 0.0467. The zero-order valence-electron chi connectivity index (χ0n) is 12.7. The second kappa shape index (κ2) is 6.84. The molecule has 0 aromatic carbocycles. The van der Waals surface area contributed by atoms with Crippen molar-refractivity contribution in [3.8, 4) is 0 Å². The van der Waals surface area contributed by atoms with Crippen LogP contribution in [0.25, 0.3) is 0 Å². The van der Waals surface area contributed by atoms with Crippen molar-refractivity contribution in [2.24, 2.45) is 0 Å². The number of amides is 1. The van der Waals surface area contributed by atoms with Gasteiger partial charge in [0.05, 0.1) is 0 Å². The first kappa shape index (κ1) is 15.0. The highest BCUT2D eigenvalue weighted by Crippen LogP contribution is 2.14. The Labute approximate surface area is 121 Å². The van der Waals surface area contributed by atoms with E-state index in [0.29, 0.717) is 11.7 Å². The highest BCUT2D eigenvalue weighted by atomic mass is 16.2. The molecule has 110 valence electrons. The number of aryl methyl sites for hydroxylation is 1. The first-order valence-corrected chi connectivity index (χ1v) is 7.55. The lowest BCUT2D eigenvalue weighted by Crippen LogP contribution is -2.48. The maximum absolute atomic E-state index is 12.7. The zero-order chi connectivity index (χ0) is 14.5. The van der Waals surface area contributed by atoms with Crippen LogP contribution >= 0.6 is 0 Å². The van der Waals surface area contributed by atoms with Gasteiger partial charge in [-0.1, -0.05) is 12.5 Å². The molecule has 1 saturated heterocycles. The van der Waals surface area contributed by atoms with Crippen molar-refractivity contribution in [1.29, 1.82) is 0 Å². The van der Waals surface area contributed by atoms with Gasteiger partial charge < -0.3 is 10.2 Å². The molecule has 1 aliphatic heterocycles. The van der Waals surface area contributed by atoms with Crippen LogP contribution in [0.5, 0.6) is 0 Å². The van der Waals surface area contributed by atoms with E-state index < -0.39 is 0 Å². The number of carbonyl (C=O) groups is 1. The summed E-state index contributed by atoms with van der Waals surface area (Å²) in [7, 11) is 0. The van der Waals surface area contributed by atoms with Gasteiger partial charge in [-0.05, 0) is 51.8 Å². The van der Waals surface area contributed by atoms with E-state index in [-0.39, 0.29) is 11.9 Å². The lowest BCUT2D eigenvalue weighted by Gasteiger charge is -2.33. The van der Waals surface area contributed by atoms with E-state index in [9.17, 15) is 4.79 Å². The average Bonchev–Trinajstić information content (AvgIpc) is 2.45. The standard InChI is InChI=1S/C16H25N3O/c1-12(2)19(11-14-8-4-5-9-17-14)16(20)15-13(3)7-6-10-18-15/h6-7,10,12,14,17H,4-5,8-9,11H2,1-3H3. The molecule has 20 heavy (non-hydrogen) atoms. The summed E-state index contributed by atoms with van der Waals surface area (Å²) in [4.78, 5) is 18.9. The van der Waals surface area contributed by atoms with Crippen LogP contribution in [-0.2, 0) is 0 Å². The summed E-state index contributed by atoms with van der Waals surface area (Å²) in [6, 6.07) is 4.42. The van der Waals surface area contributed by atoms with Crippen LogP contribution < -0.4 is 5.32 Å². The van der Waals surface area contributed by atoms with Crippen molar-refractivity contribution >= 4 is 5.91 Å². The zero-order valence-corrected chi connectivity index (χ0v) is 12.7. The van der Waals surface area contributed by atoms with Crippen molar-refractivity contribution in [3.63, 3.8) is 0 Å². The molecule has 1 aromatic rings. The topological polar surface area (TPSA) is 45.2 Å². The van der Waals surface area contributed by atoms with Gasteiger partial charge in [-0.15, -0.1) is 0 Å². The summed E-state index contributed by atoms with van der Waals surface area (Å²) in [6.07, 6.45) is 5.33. The number of aromatic nitrogens is 1. The van der Waals surface area contributed by atoms with Gasteiger partial charge in [-0.3, -0.25) is 9.78 Å². The molecule has 1 atom stereocenters. The predicted octanol–water partition coefficient (Wildman–Crippen LogP) is 2.38. The van der Waals surface area contributed by atoms with Gasteiger partial charge in [0.2, 0.25) is 0 Å². The summed E-state index contributed by atoms with van der Waals surface area (Å²) in [5.74, 6) is 0.0467. The third-order valence-electron chi connectivity index (χ3n) is 3.93. The Morgan fingerprint density at radius 2 is 2.30 bits per heavy atom. The molecule has 1 fully saturated rings. The maximum atomic E-state index is 12.7. The largest absolute Gasteiger partial charge is 0.333 e. The summed E-state index contributed by atoms with van der Waals surface area (Å²) in [6.45, 7) is 7.91. The van der Waals surface area contributed by atoms with Gasteiger partial charge in [-0.2, -0.15) is 0 Å². The van der Waals surface area contributed by atoms with Crippen LogP contribution in [0.3, 0.4) is 0 Å². The summed E-state index contributed by atoms with van der Waals surface area (Å²) in [5.41, 5.74) is 1.52. The number of pyridine rings is 1. The van der Waals surface area contributed by atoms with E-state index >= 15 is 0 Å². The van der Waals surface area contributed by atoms with E-state index in [1.807, 2.05) is 24.0 Å². The van der Waals surface area contributed by atoms with Crippen molar-refractivity contribution in [2.45, 2.75) is 52.1 Å². The fourth-order valence-corrected chi connectivity index (χ4v) is 2.69. The minimum absolute atomic E-state index is 0.0467. The lowest BCUT2D eigenvalue weighted by molar-refractivity contribution is 0.0670. The van der Waals surface area contributed by atoms with Gasteiger partial charge in [0, 0.05) is 24.8 Å². The molecule has 0 spiro atoms. The number of hydrogen-bond donors (Lipinski definition) is 1. The third-order valence-corrected chi connectivity index (χ3v) is 3.93.